The van der Waals surface area contributed by atoms with E-state index >= 15 is 0 Å². The van der Waals surface area contributed by atoms with Gasteiger partial charge in [-0.2, -0.15) is 0 Å². The first-order valence-corrected chi connectivity index (χ1v) is 6.71. The molecular weight excluding hydrogens is 282 g/mol. The van der Waals surface area contributed by atoms with Crippen molar-refractivity contribution in [2.45, 2.75) is 0 Å². The summed E-state index contributed by atoms with van der Waals surface area (Å²) in [6, 6.07) is 11.0. The molecule has 0 fully saturated rings. The average Bonchev–Trinajstić information content (AvgIpc) is 2.81. The molecule has 0 aliphatic carbocycles. The van der Waals surface area contributed by atoms with Crippen LogP contribution in [0.2, 0.25) is 5.15 Å². The molecule has 0 radical (unpaired) electrons. The number of anilines is 1. The molecule has 0 bridgehead atoms. The SMILES string of the molecule is O=C(Nc1nc2ccccc2s1)c1cccnc1Cl. The first-order valence-electron chi connectivity index (χ1n) is 5.51. The fourth-order valence-electron chi connectivity index (χ4n) is 1.65. The van der Waals surface area contributed by atoms with Crippen LogP contribution >= 0.6 is 22.9 Å². The Morgan fingerprint density at radius 2 is 2.05 bits per heavy atom. The average molecular weight is 290 g/mol. The summed E-state index contributed by atoms with van der Waals surface area (Å²) in [5.41, 5.74) is 1.20. The zero-order valence-corrected chi connectivity index (χ0v) is 11.2. The van der Waals surface area contributed by atoms with Crippen molar-refractivity contribution in [3.05, 3.63) is 53.3 Å². The first-order chi connectivity index (χ1) is 9.24. The predicted molar refractivity (Wildman–Crippen MR) is 76.8 cm³/mol. The molecule has 0 atom stereocenters. The van der Waals surface area contributed by atoms with Gasteiger partial charge in [0.1, 0.15) is 5.15 Å². The van der Waals surface area contributed by atoms with E-state index < -0.39 is 0 Å². The Kier molecular flexibility index (Phi) is 3.15. The summed E-state index contributed by atoms with van der Waals surface area (Å²) in [7, 11) is 0. The highest BCUT2D eigenvalue weighted by molar-refractivity contribution is 7.22. The zero-order valence-electron chi connectivity index (χ0n) is 9.63. The molecule has 6 heteroatoms. The van der Waals surface area contributed by atoms with Gasteiger partial charge in [-0.25, -0.2) is 9.97 Å². The zero-order chi connectivity index (χ0) is 13.2. The summed E-state index contributed by atoms with van der Waals surface area (Å²) in [6.45, 7) is 0. The molecule has 0 saturated carbocycles. The summed E-state index contributed by atoms with van der Waals surface area (Å²) in [4.78, 5) is 20.2. The predicted octanol–water partition coefficient (Wildman–Crippen LogP) is 3.60. The van der Waals surface area contributed by atoms with E-state index in [4.69, 9.17) is 11.6 Å². The Morgan fingerprint density at radius 1 is 1.21 bits per heavy atom. The van der Waals surface area contributed by atoms with E-state index in [-0.39, 0.29) is 11.1 Å². The number of carbonyl (C=O) groups is 1. The van der Waals surface area contributed by atoms with Crippen LogP contribution < -0.4 is 5.32 Å². The number of nitrogens with zero attached hydrogens (tertiary/aromatic N) is 2. The Hall–Kier alpha value is -1.98. The maximum absolute atomic E-state index is 12.0. The fourth-order valence-corrected chi connectivity index (χ4v) is 2.71. The number of halogens is 1. The topological polar surface area (TPSA) is 54.9 Å². The molecule has 19 heavy (non-hydrogen) atoms. The second-order valence-electron chi connectivity index (χ2n) is 3.78. The monoisotopic (exact) mass is 289 g/mol. The lowest BCUT2D eigenvalue weighted by atomic mass is 10.3. The van der Waals surface area contributed by atoms with Gasteiger partial charge in [0, 0.05) is 6.20 Å². The third-order valence-electron chi connectivity index (χ3n) is 2.52. The number of aromatic nitrogens is 2. The van der Waals surface area contributed by atoms with E-state index in [0.29, 0.717) is 10.7 Å². The minimum Gasteiger partial charge on any atom is -0.298 e. The smallest absolute Gasteiger partial charge is 0.260 e. The number of rotatable bonds is 2. The molecule has 0 aliphatic rings. The van der Waals surface area contributed by atoms with Crippen LogP contribution in [-0.4, -0.2) is 15.9 Å². The van der Waals surface area contributed by atoms with E-state index in [9.17, 15) is 4.79 Å². The molecule has 0 saturated heterocycles. The van der Waals surface area contributed by atoms with E-state index in [1.165, 1.54) is 17.5 Å². The summed E-state index contributed by atoms with van der Waals surface area (Å²) in [6.07, 6.45) is 1.54. The lowest BCUT2D eigenvalue weighted by molar-refractivity contribution is 0.102. The molecule has 0 spiro atoms. The van der Waals surface area contributed by atoms with Crippen LogP contribution in [0.5, 0.6) is 0 Å². The highest BCUT2D eigenvalue weighted by Gasteiger charge is 2.13. The van der Waals surface area contributed by atoms with Crippen LogP contribution in [0.4, 0.5) is 5.13 Å². The quantitative estimate of drug-likeness (QED) is 0.733. The standard InChI is InChI=1S/C13H8ClN3OS/c14-11-8(4-3-7-15-11)12(18)17-13-16-9-5-1-2-6-10(9)19-13/h1-7H,(H,16,17,18). The second kappa shape index (κ2) is 4.95. The first kappa shape index (κ1) is 12.1. The van der Waals surface area contributed by atoms with Crippen molar-refractivity contribution in [1.82, 2.24) is 9.97 Å². The number of pyridine rings is 1. The van der Waals surface area contributed by atoms with Crippen molar-refractivity contribution in [1.29, 1.82) is 0 Å². The van der Waals surface area contributed by atoms with Crippen molar-refractivity contribution < 1.29 is 4.79 Å². The molecule has 0 aliphatic heterocycles. The summed E-state index contributed by atoms with van der Waals surface area (Å²) >= 11 is 7.29. The maximum atomic E-state index is 12.0. The van der Waals surface area contributed by atoms with Crippen LogP contribution in [0.1, 0.15) is 10.4 Å². The van der Waals surface area contributed by atoms with E-state index in [1.54, 1.807) is 12.1 Å². The van der Waals surface area contributed by atoms with Gasteiger partial charge in [-0.1, -0.05) is 35.1 Å². The number of carbonyl (C=O) groups excluding carboxylic acids is 1. The molecule has 2 heterocycles. The van der Waals surface area contributed by atoms with Crippen molar-refractivity contribution in [2.24, 2.45) is 0 Å². The molecule has 4 nitrogen and oxygen atoms in total. The molecule has 1 amide bonds. The molecule has 1 aromatic carbocycles. The van der Waals surface area contributed by atoms with Crippen molar-refractivity contribution in [3.8, 4) is 0 Å². The normalized spacial score (nSPS) is 10.6. The number of hydrogen-bond donors (Lipinski definition) is 1. The van der Waals surface area contributed by atoms with Gasteiger partial charge < -0.3 is 0 Å². The van der Waals surface area contributed by atoms with Gasteiger partial charge in [0.2, 0.25) is 0 Å². The van der Waals surface area contributed by atoms with Gasteiger partial charge in [0.15, 0.2) is 5.13 Å². The third-order valence-corrected chi connectivity index (χ3v) is 3.77. The molecule has 1 N–H and O–H groups in total. The Balaban J connectivity index is 1.89. The summed E-state index contributed by atoms with van der Waals surface area (Å²) in [5, 5.41) is 3.46. The van der Waals surface area contributed by atoms with E-state index in [0.717, 1.165) is 10.2 Å². The Bertz CT molecular complexity index is 723. The maximum Gasteiger partial charge on any atom is 0.260 e. The Labute approximate surface area is 118 Å². The minimum absolute atomic E-state index is 0.182. The Morgan fingerprint density at radius 3 is 2.84 bits per heavy atom. The second-order valence-corrected chi connectivity index (χ2v) is 5.17. The van der Waals surface area contributed by atoms with Crippen LogP contribution in [0.15, 0.2) is 42.6 Å². The van der Waals surface area contributed by atoms with Gasteiger partial charge in [-0.15, -0.1) is 0 Å². The van der Waals surface area contributed by atoms with Crippen LogP contribution in [0.25, 0.3) is 10.2 Å². The molecule has 94 valence electrons. The lowest BCUT2D eigenvalue weighted by Crippen LogP contribution is -2.12. The largest absolute Gasteiger partial charge is 0.298 e. The van der Waals surface area contributed by atoms with Crippen LogP contribution in [0, 0.1) is 0 Å². The van der Waals surface area contributed by atoms with E-state index in [2.05, 4.69) is 15.3 Å². The fraction of sp³-hybridized carbons (Fsp3) is 0. The number of amides is 1. The lowest BCUT2D eigenvalue weighted by Gasteiger charge is -2.02. The number of benzene rings is 1. The molecule has 0 unspecified atom stereocenters. The van der Waals surface area contributed by atoms with Gasteiger partial charge in [-0.3, -0.25) is 10.1 Å². The molecule has 3 aromatic rings. The van der Waals surface area contributed by atoms with Crippen molar-refractivity contribution >= 4 is 44.2 Å². The van der Waals surface area contributed by atoms with Gasteiger partial charge in [0.25, 0.3) is 5.91 Å². The summed E-state index contributed by atoms with van der Waals surface area (Å²) in [5.74, 6) is -0.308. The molecule has 2 aromatic heterocycles. The minimum atomic E-state index is -0.308. The van der Waals surface area contributed by atoms with E-state index in [1.807, 2.05) is 24.3 Å². The van der Waals surface area contributed by atoms with Crippen molar-refractivity contribution in [2.75, 3.05) is 5.32 Å². The highest BCUT2D eigenvalue weighted by Crippen LogP contribution is 2.26. The third kappa shape index (κ3) is 2.43. The van der Waals surface area contributed by atoms with Crippen LogP contribution in [-0.2, 0) is 0 Å². The van der Waals surface area contributed by atoms with Gasteiger partial charge in [0.05, 0.1) is 15.8 Å². The van der Waals surface area contributed by atoms with Crippen LogP contribution in [0.3, 0.4) is 0 Å². The number of para-hydroxylation sites is 1. The number of hydrogen-bond acceptors (Lipinski definition) is 4. The van der Waals surface area contributed by atoms with Crippen molar-refractivity contribution in [3.63, 3.8) is 0 Å². The number of thiazole rings is 1. The number of fused-ring (bicyclic) bond motifs is 1. The summed E-state index contributed by atoms with van der Waals surface area (Å²) < 4.78 is 1.02. The van der Waals surface area contributed by atoms with Gasteiger partial charge in [-0.05, 0) is 24.3 Å². The number of nitrogens with one attached hydrogen (secondary N) is 1. The molecule has 3 rings (SSSR count). The van der Waals surface area contributed by atoms with Gasteiger partial charge >= 0.3 is 0 Å². The molecular formula is C13H8ClN3OS. The highest BCUT2D eigenvalue weighted by atomic mass is 35.5.